The van der Waals surface area contributed by atoms with Gasteiger partial charge in [-0.15, -0.1) is 0 Å². The Morgan fingerprint density at radius 1 is 1.12 bits per heavy atom. The fraction of sp³-hybridized carbons (Fsp3) is 0.639. The molecule has 5 aliphatic rings. The molecule has 0 amide bonds. The lowest BCUT2D eigenvalue weighted by atomic mass is 9.51. The molecule has 2 unspecified atom stereocenters. The summed E-state index contributed by atoms with van der Waals surface area (Å²) in [7, 11) is 0. The van der Waals surface area contributed by atoms with Crippen molar-refractivity contribution in [1.82, 2.24) is 9.80 Å². The van der Waals surface area contributed by atoms with E-state index in [1.54, 1.807) is 0 Å². The number of carbonyl (C=O) groups excluding carboxylic acids is 1. The van der Waals surface area contributed by atoms with Crippen LogP contribution >= 0.6 is 0 Å². The van der Waals surface area contributed by atoms with Gasteiger partial charge in [0.05, 0.1) is 6.10 Å². The van der Waals surface area contributed by atoms with E-state index >= 15 is 0 Å². The average molecular weight is 573 g/mol. The van der Waals surface area contributed by atoms with Gasteiger partial charge in [-0.3, -0.25) is 14.6 Å². The van der Waals surface area contributed by atoms with Crippen LogP contribution in [0.2, 0.25) is 0 Å². The molecule has 7 atom stereocenters. The van der Waals surface area contributed by atoms with Gasteiger partial charge in [0.2, 0.25) is 0 Å². The number of piperidine rings is 1. The van der Waals surface area contributed by atoms with E-state index in [9.17, 15) is 9.90 Å². The van der Waals surface area contributed by atoms with Gasteiger partial charge < -0.3 is 14.6 Å². The van der Waals surface area contributed by atoms with Crippen LogP contribution in [0.1, 0.15) is 81.9 Å². The van der Waals surface area contributed by atoms with E-state index in [1.165, 1.54) is 62.1 Å². The summed E-state index contributed by atoms with van der Waals surface area (Å²) in [6.07, 6.45) is 11.6. The summed E-state index contributed by atoms with van der Waals surface area (Å²) in [5.41, 5.74) is 4.17. The van der Waals surface area contributed by atoms with Crippen molar-refractivity contribution in [2.24, 2.45) is 11.8 Å². The lowest BCUT2D eigenvalue weighted by molar-refractivity contribution is -0.132. The molecular formula is C36H48N2O4. The first-order chi connectivity index (χ1) is 20.5. The Labute approximate surface area is 251 Å². The van der Waals surface area contributed by atoms with Crippen LogP contribution in [0.4, 0.5) is 0 Å². The zero-order valence-corrected chi connectivity index (χ0v) is 25.5. The summed E-state index contributed by atoms with van der Waals surface area (Å²) in [6.45, 7) is 8.02. The van der Waals surface area contributed by atoms with E-state index in [4.69, 9.17) is 9.47 Å². The summed E-state index contributed by atoms with van der Waals surface area (Å²) in [5.74, 6) is 2.15. The number of likely N-dealkylation sites (tertiary alicyclic amines) is 1. The molecule has 2 bridgehead atoms. The van der Waals surface area contributed by atoms with Crippen LogP contribution in [0.3, 0.4) is 0 Å². The topological polar surface area (TPSA) is 62.2 Å². The molecule has 3 fully saturated rings. The minimum atomic E-state index is -0.288. The Morgan fingerprint density at radius 3 is 2.69 bits per heavy atom. The van der Waals surface area contributed by atoms with E-state index in [0.29, 0.717) is 29.7 Å². The lowest BCUT2D eigenvalue weighted by Gasteiger charge is -2.60. The molecule has 0 radical (unpaired) electrons. The van der Waals surface area contributed by atoms with Crippen LogP contribution in [0.25, 0.3) is 0 Å². The zero-order chi connectivity index (χ0) is 28.8. The van der Waals surface area contributed by atoms with Gasteiger partial charge in [-0.1, -0.05) is 56.2 Å². The van der Waals surface area contributed by atoms with E-state index in [2.05, 4.69) is 53.1 Å². The van der Waals surface area contributed by atoms with Gasteiger partial charge in [0, 0.05) is 42.4 Å². The smallest absolute Gasteiger partial charge is 0.308 e. The van der Waals surface area contributed by atoms with Gasteiger partial charge in [0.1, 0.15) is 6.10 Å². The summed E-state index contributed by atoms with van der Waals surface area (Å²) in [6, 6.07) is 15.9. The molecule has 2 aromatic carbocycles. The van der Waals surface area contributed by atoms with E-state index in [1.807, 2.05) is 6.07 Å². The first kappa shape index (κ1) is 28.4. The Balaban J connectivity index is 1.10. The zero-order valence-electron chi connectivity index (χ0n) is 25.5. The van der Waals surface area contributed by atoms with Crippen LogP contribution in [-0.4, -0.2) is 71.3 Å². The number of benzene rings is 2. The van der Waals surface area contributed by atoms with Crippen molar-refractivity contribution < 1.29 is 19.4 Å². The third-order valence-electron chi connectivity index (χ3n) is 11.4. The summed E-state index contributed by atoms with van der Waals surface area (Å²) in [4.78, 5) is 17.5. The molecule has 6 nitrogen and oxygen atoms in total. The highest BCUT2D eigenvalue weighted by Gasteiger charge is 2.66. The predicted molar refractivity (Wildman–Crippen MR) is 164 cm³/mol. The highest BCUT2D eigenvalue weighted by atomic mass is 16.6. The van der Waals surface area contributed by atoms with Gasteiger partial charge in [-0.05, 0) is 94.1 Å². The van der Waals surface area contributed by atoms with Crippen molar-refractivity contribution in [2.45, 2.75) is 108 Å². The second-order valence-electron chi connectivity index (χ2n) is 13.7. The van der Waals surface area contributed by atoms with Crippen molar-refractivity contribution in [3.63, 3.8) is 0 Å². The van der Waals surface area contributed by atoms with Crippen LogP contribution in [0.5, 0.6) is 11.5 Å². The predicted octanol–water partition coefficient (Wildman–Crippen LogP) is 5.53. The number of unbranched alkanes of at least 4 members (excludes halogenated alkanes) is 3. The molecule has 3 aliphatic carbocycles. The Hall–Kier alpha value is -2.41. The van der Waals surface area contributed by atoms with Crippen LogP contribution in [-0.2, 0) is 23.1 Å². The van der Waals surface area contributed by atoms with E-state index < -0.39 is 0 Å². The normalized spacial score (nSPS) is 32.4. The maximum atomic E-state index is 12.1. The lowest BCUT2D eigenvalue weighted by Crippen LogP contribution is -2.69. The first-order valence-corrected chi connectivity index (χ1v) is 16.7. The minimum Gasteiger partial charge on any atom is -0.484 e. The van der Waals surface area contributed by atoms with Crippen molar-refractivity contribution in [2.75, 3.05) is 26.2 Å². The molecule has 2 aliphatic heterocycles. The van der Waals surface area contributed by atoms with Gasteiger partial charge in [-0.2, -0.15) is 0 Å². The fourth-order valence-electron chi connectivity index (χ4n) is 9.35. The Morgan fingerprint density at radius 2 is 1.93 bits per heavy atom. The standard InChI is InChI=1S/C36H48N2O4/c1-3-37(19-10-5-4-7-11-25-12-8-6-9-13-25)29-16-15-28-30-21-26-14-17-32(41-24(2)39)34-33(26)36(28,35(29)42-34)18-20-38(30)23-27-22-31(27)40/h6,8-9,12-14,17,27-31,35,40H,3-5,7,10-11,15-16,18-23H2,1-2H3/t27?,28-,29-,30+,31?,35-,36-/m0/s1. The number of rotatable bonds is 12. The van der Waals surface area contributed by atoms with Gasteiger partial charge in [-0.25, -0.2) is 0 Å². The van der Waals surface area contributed by atoms with Gasteiger partial charge in [0.25, 0.3) is 0 Å². The molecule has 226 valence electrons. The number of ether oxygens (including phenoxy) is 2. The molecular weight excluding hydrogens is 524 g/mol. The number of hydrogen-bond donors (Lipinski definition) is 1. The molecule has 2 saturated carbocycles. The van der Waals surface area contributed by atoms with Crippen LogP contribution in [0.15, 0.2) is 42.5 Å². The molecule has 1 spiro atoms. The quantitative estimate of drug-likeness (QED) is 0.205. The number of esters is 1. The summed E-state index contributed by atoms with van der Waals surface area (Å²) >= 11 is 0. The minimum absolute atomic E-state index is 0.0194. The molecule has 2 heterocycles. The third kappa shape index (κ3) is 4.97. The fourth-order valence-corrected chi connectivity index (χ4v) is 9.35. The van der Waals surface area contributed by atoms with E-state index in [0.717, 1.165) is 57.6 Å². The van der Waals surface area contributed by atoms with E-state index in [-0.39, 0.29) is 23.6 Å². The first-order valence-electron chi connectivity index (χ1n) is 16.7. The van der Waals surface area contributed by atoms with Crippen molar-refractivity contribution in [3.05, 3.63) is 59.2 Å². The van der Waals surface area contributed by atoms with Crippen molar-refractivity contribution in [1.29, 1.82) is 0 Å². The second-order valence-corrected chi connectivity index (χ2v) is 13.7. The Kier molecular flexibility index (Phi) is 7.83. The van der Waals surface area contributed by atoms with Gasteiger partial charge >= 0.3 is 5.97 Å². The number of carbonyl (C=O) groups is 1. The summed E-state index contributed by atoms with van der Waals surface area (Å²) in [5, 5.41) is 10.1. The number of aliphatic hydroxyl groups is 1. The SMILES string of the molecule is CCN(CCCCCCc1ccccc1)[C@H]1CC[C@H]2[C@H]3Cc4ccc(OC(C)=O)c5c4[C@@]2(CCN3CC2CC2O)[C@H]1O5. The molecule has 6 heteroatoms. The van der Waals surface area contributed by atoms with Crippen LogP contribution < -0.4 is 9.47 Å². The van der Waals surface area contributed by atoms with Crippen molar-refractivity contribution in [3.8, 4) is 11.5 Å². The second kappa shape index (κ2) is 11.6. The maximum absolute atomic E-state index is 12.1. The number of nitrogens with zero attached hydrogens (tertiary/aromatic N) is 2. The molecule has 1 N–H and O–H groups in total. The monoisotopic (exact) mass is 572 g/mol. The highest BCUT2D eigenvalue weighted by Crippen LogP contribution is 2.64. The average Bonchev–Trinajstić information content (AvgIpc) is 3.57. The highest BCUT2D eigenvalue weighted by molar-refractivity contribution is 5.72. The maximum Gasteiger partial charge on any atom is 0.308 e. The number of likely N-dealkylation sites (N-methyl/N-ethyl adjacent to an activating group) is 1. The number of aliphatic hydroxyl groups excluding tert-OH is 1. The van der Waals surface area contributed by atoms with Crippen molar-refractivity contribution >= 4 is 5.97 Å². The van der Waals surface area contributed by atoms with Gasteiger partial charge in [0.15, 0.2) is 11.5 Å². The molecule has 7 rings (SSSR count). The molecule has 1 saturated heterocycles. The number of hydrogen-bond acceptors (Lipinski definition) is 6. The molecule has 2 aromatic rings. The molecule has 0 aromatic heterocycles. The largest absolute Gasteiger partial charge is 0.484 e. The number of aryl methyl sites for hydroxylation is 1. The van der Waals surface area contributed by atoms with Crippen LogP contribution in [0, 0.1) is 11.8 Å². The Bertz CT molecular complexity index is 1280. The summed E-state index contributed by atoms with van der Waals surface area (Å²) < 4.78 is 12.8. The molecule has 42 heavy (non-hydrogen) atoms. The third-order valence-corrected chi connectivity index (χ3v) is 11.4.